The van der Waals surface area contributed by atoms with Crippen LogP contribution in [-0.2, 0) is 9.59 Å². The molecule has 0 saturated carbocycles. The number of nitrogens with zero attached hydrogens (tertiary/aromatic N) is 1. The van der Waals surface area contributed by atoms with Crippen molar-refractivity contribution in [2.24, 2.45) is 0 Å². The van der Waals surface area contributed by atoms with Gasteiger partial charge in [0.15, 0.2) is 25.0 Å². The number of hydrogen-bond donors (Lipinski definition) is 5. The summed E-state index contributed by atoms with van der Waals surface area (Å²) in [7, 11) is 0. The van der Waals surface area contributed by atoms with Gasteiger partial charge in [0.2, 0.25) is 12.1 Å². The lowest BCUT2D eigenvalue weighted by Gasteiger charge is -2.45. The van der Waals surface area contributed by atoms with Gasteiger partial charge < -0.3 is 20.4 Å². The van der Waals surface area contributed by atoms with E-state index in [1.165, 1.54) is 0 Å². The third kappa shape index (κ3) is 1.38. The fourth-order valence-electron chi connectivity index (χ4n) is 1.15. The highest BCUT2D eigenvalue weighted by Crippen LogP contribution is 2.20. The summed E-state index contributed by atoms with van der Waals surface area (Å²) in [5.41, 5.74) is -2.58. The van der Waals surface area contributed by atoms with Gasteiger partial charge in [-0.1, -0.05) is 0 Å². The maximum absolute atomic E-state index is 10.5. The van der Waals surface area contributed by atoms with Crippen molar-refractivity contribution in [2.45, 2.75) is 24.4 Å². The van der Waals surface area contributed by atoms with Gasteiger partial charge in [0, 0.05) is 0 Å². The highest BCUT2D eigenvalue weighted by Gasteiger charge is 2.51. The first-order valence-electron chi connectivity index (χ1n) is 3.70. The molecule has 0 aromatic heterocycles. The standard InChI is InChI=1S/C6H10N2O6/c9-1-6(14)5(13)7-3(11)4(12)8(6)2-10/h1-5,7,11-14H. The number of nitrogens with one attached hydrogen (secondary N) is 1. The molecular formula is C6H10N2O6. The SMILES string of the molecule is O=CN1C(O)C(O)NC(O)C1(O)C=O. The highest BCUT2D eigenvalue weighted by atomic mass is 16.4. The second-order valence-corrected chi connectivity index (χ2v) is 2.84. The van der Waals surface area contributed by atoms with Crippen molar-refractivity contribution >= 4 is 12.7 Å². The van der Waals surface area contributed by atoms with Crippen molar-refractivity contribution in [3.8, 4) is 0 Å². The number of aliphatic hydroxyl groups excluding tert-OH is 3. The molecule has 4 unspecified atom stereocenters. The van der Waals surface area contributed by atoms with Crippen LogP contribution in [-0.4, -0.2) is 62.4 Å². The van der Waals surface area contributed by atoms with Gasteiger partial charge in [-0.15, -0.1) is 0 Å². The lowest BCUT2D eigenvalue weighted by atomic mass is 10.1. The molecule has 0 aromatic rings. The predicted molar refractivity (Wildman–Crippen MR) is 40.1 cm³/mol. The molecule has 1 amide bonds. The first-order valence-corrected chi connectivity index (χ1v) is 3.70. The fourth-order valence-corrected chi connectivity index (χ4v) is 1.15. The van der Waals surface area contributed by atoms with Gasteiger partial charge in [0.1, 0.15) is 0 Å². The third-order valence-corrected chi connectivity index (χ3v) is 2.00. The summed E-state index contributed by atoms with van der Waals surface area (Å²) in [5.74, 6) is 0. The zero-order valence-electron chi connectivity index (χ0n) is 6.94. The summed E-state index contributed by atoms with van der Waals surface area (Å²) in [4.78, 5) is 21.1. The fraction of sp³-hybridized carbons (Fsp3) is 0.667. The number of piperazine rings is 1. The lowest BCUT2D eigenvalue weighted by Crippen LogP contribution is -2.74. The molecule has 0 radical (unpaired) electrons. The second-order valence-electron chi connectivity index (χ2n) is 2.84. The van der Waals surface area contributed by atoms with Gasteiger partial charge >= 0.3 is 0 Å². The first kappa shape index (κ1) is 11.0. The Bertz CT molecular complexity index is 248. The molecule has 14 heavy (non-hydrogen) atoms. The van der Waals surface area contributed by atoms with Crippen molar-refractivity contribution in [1.82, 2.24) is 10.2 Å². The minimum absolute atomic E-state index is 0.0493. The average Bonchev–Trinajstić information content (AvgIpc) is 2.16. The number of hydrogen-bond acceptors (Lipinski definition) is 7. The van der Waals surface area contributed by atoms with Crippen LogP contribution in [0.2, 0.25) is 0 Å². The van der Waals surface area contributed by atoms with Crippen LogP contribution in [0.3, 0.4) is 0 Å². The first-order chi connectivity index (χ1) is 6.47. The van der Waals surface area contributed by atoms with Crippen molar-refractivity contribution in [3.63, 3.8) is 0 Å². The number of carbonyl (C=O) groups is 2. The molecule has 0 spiro atoms. The van der Waals surface area contributed by atoms with E-state index in [-0.39, 0.29) is 17.6 Å². The van der Waals surface area contributed by atoms with E-state index in [1.807, 2.05) is 5.32 Å². The minimum Gasteiger partial charge on any atom is -0.374 e. The van der Waals surface area contributed by atoms with Crippen molar-refractivity contribution < 1.29 is 30.0 Å². The number of carbonyl (C=O) groups excluding carboxylic acids is 2. The molecule has 1 aliphatic heterocycles. The quantitative estimate of drug-likeness (QED) is 0.290. The van der Waals surface area contributed by atoms with Crippen molar-refractivity contribution in [1.29, 1.82) is 0 Å². The van der Waals surface area contributed by atoms with Crippen LogP contribution in [0.4, 0.5) is 0 Å². The summed E-state index contributed by atoms with van der Waals surface area (Å²) in [6.45, 7) is 0. The Balaban J connectivity index is 3.03. The maximum Gasteiger partial charge on any atom is 0.240 e. The summed E-state index contributed by atoms with van der Waals surface area (Å²) in [6, 6.07) is 0. The number of rotatable bonds is 2. The minimum atomic E-state index is -2.58. The Hall–Kier alpha value is -1.06. The van der Waals surface area contributed by atoms with Crippen LogP contribution < -0.4 is 5.32 Å². The van der Waals surface area contributed by atoms with Crippen LogP contribution in [0, 0.1) is 0 Å². The molecule has 5 N–H and O–H groups in total. The Morgan fingerprint density at radius 1 is 1.29 bits per heavy atom. The molecule has 1 fully saturated rings. The van der Waals surface area contributed by atoms with Crippen LogP contribution in [0.15, 0.2) is 0 Å². The zero-order valence-corrected chi connectivity index (χ0v) is 6.94. The van der Waals surface area contributed by atoms with E-state index in [2.05, 4.69) is 0 Å². The second kappa shape index (κ2) is 3.59. The van der Waals surface area contributed by atoms with E-state index in [0.717, 1.165) is 0 Å². The molecule has 8 heteroatoms. The summed E-state index contributed by atoms with van der Waals surface area (Å²) < 4.78 is 0. The van der Waals surface area contributed by atoms with E-state index in [1.54, 1.807) is 0 Å². The highest BCUT2D eigenvalue weighted by molar-refractivity contribution is 5.68. The van der Waals surface area contributed by atoms with Crippen LogP contribution >= 0.6 is 0 Å². The van der Waals surface area contributed by atoms with E-state index in [4.69, 9.17) is 10.2 Å². The molecule has 1 rings (SSSR count). The van der Waals surface area contributed by atoms with E-state index >= 15 is 0 Å². The molecule has 1 saturated heterocycles. The predicted octanol–water partition coefficient (Wildman–Crippen LogP) is -4.11. The van der Waals surface area contributed by atoms with Gasteiger partial charge in [-0.05, 0) is 0 Å². The molecule has 8 nitrogen and oxygen atoms in total. The monoisotopic (exact) mass is 206 g/mol. The summed E-state index contributed by atoms with van der Waals surface area (Å²) in [6.07, 6.45) is -5.49. The Morgan fingerprint density at radius 3 is 2.29 bits per heavy atom. The number of aldehydes is 1. The van der Waals surface area contributed by atoms with E-state index in [9.17, 15) is 19.8 Å². The largest absolute Gasteiger partial charge is 0.374 e. The Morgan fingerprint density at radius 2 is 1.86 bits per heavy atom. The molecule has 0 aliphatic carbocycles. The number of amides is 1. The van der Waals surface area contributed by atoms with Gasteiger partial charge in [0.05, 0.1) is 0 Å². The van der Waals surface area contributed by atoms with Gasteiger partial charge in [0.25, 0.3) is 0 Å². The molecular weight excluding hydrogens is 196 g/mol. The topological polar surface area (TPSA) is 130 Å². The smallest absolute Gasteiger partial charge is 0.240 e. The Labute approximate surface area is 78.4 Å². The van der Waals surface area contributed by atoms with Gasteiger partial charge in [-0.3, -0.25) is 19.8 Å². The van der Waals surface area contributed by atoms with Gasteiger partial charge in [-0.25, -0.2) is 0 Å². The van der Waals surface area contributed by atoms with Crippen LogP contribution in [0.5, 0.6) is 0 Å². The molecule has 1 aliphatic rings. The molecule has 0 bridgehead atoms. The third-order valence-electron chi connectivity index (χ3n) is 2.00. The zero-order chi connectivity index (χ0) is 10.9. The Kier molecular flexibility index (Phi) is 2.83. The summed E-state index contributed by atoms with van der Waals surface area (Å²) in [5, 5.41) is 38.7. The molecule has 1 heterocycles. The molecule has 80 valence electrons. The van der Waals surface area contributed by atoms with Gasteiger partial charge in [-0.2, -0.15) is 0 Å². The van der Waals surface area contributed by atoms with Crippen LogP contribution in [0.25, 0.3) is 0 Å². The lowest BCUT2D eigenvalue weighted by molar-refractivity contribution is -0.261. The summed E-state index contributed by atoms with van der Waals surface area (Å²) >= 11 is 0. The van der Waals surface area contributed by atoms with Crippen molar-refractivity contribution in [3.05, 3.63) is 0 Å². The molecule has 0 aromatic carbocycles. The normalized spacial score (nSPS) is 43.4. The average molecular weight is 206 g/mol. The van der Waals surface area contributed by atoms with Crippen LogP contribution in [0.1, 0.15) is 0 Å². The van der Waals surface area contributed by atoms with Crippen molar-refractivity contribution in [2.75, 3.05) is 0 Å². The molecule has 4 atom stereocenters. The number of aliphatic hydroxyl groups is 4. The van der Waals surface area contributed by atoms with E-state index in [0.29, 0.717) is 0 Å². The van der Waals surface area contributed by atoms with E-state index < -0.39 is 24.4 Å². The maximum atomic E-state index is 10.5.